The van der Waals surface area contributed by atoms with E-state index in [2.05, 4.69) is 4.99 Å². The van der Waals surface area contributed by atoms with Gasteiger partial charge in [0.05, 0.1) is 4.92 Å². The second-order valence-electron chi connectivity index (χ2n) is 4.67. The van der Waals surface area contributed by atoms with Crippen LogP contribution in [0.15, 0.2) is 59.2 Å². The molecule has 0 bridgehead atoms. The van der Waals surface area contributed by atoms with Crippen LogP contribution in [0.4, 0.5) is 5.69 Å². The average molecular weight is 329 g/mol. The molecule has 0 aliphatic carbocycles. The van der Waals surface area contributed by atoms with E-state index in [1.54, 1.807) is 30.3 Å². The van der Waals surface area contributed by atoms with E-state index in [9.17, 15) is 14.9 Å². The van der Waals surface area contributed by atoms with Crippen molar-refractivity contribution in [3.05, 3.63) is 80.5 Å². The highest BCUT2D eigenvalue weighted by Gasteiger charge is 2.25. The minimum absolute atomic E-state index is 0.0250. The van der Waals surface area contributed by atoms with E-state index in [1.807, 2.05) is 0 Å². The third-order valence-electron chi connectivity index (χ3n) is 3.12. The summed E-state index contributed by atoms with van der Waals surface area (Å²) >= 11 is 6.04. The van der Waals surface area contributed by atoms with Crippen LogP contribution in [0.25, 0.3) is 6.08 Å². The maximum Gasteiger partial charge on any atom is 0.363 e. The molecular weight excluding hydrogens is 320 g/mol. The zero-order valence-corrected chi connectivity index (χ0v) is 12.4. The lowest BCUT2D eigenvalue weighted by atomic mass is 10.2. The molecular formula is C16H9ClN2O4. The summed E-state index contributed by atoms with van der Waals surface area (Å²) in [7, 11) is 0. The molecule has 0 radical (unpaired) electrons. The molecule has 0 aromatic heterocycles. The van der Waals surface area contributed by atoms with Crippen LogP contribution >= 0.6 is 11.6 Å². The lowest BCUT2D eigenvalue weighted by Crippen LogP contribution is -2.05. The Labute approximate surface area is 135 Å². The molecule has 0 saturated carbocycles. The third kappa shape index (κ3) is 3.12. The van der Waals surface area contributed by atoms with Crippen molar-refractivity contribution < 1.29 is 14.5 Å². The lowest BCUT2D eigenvalue weighted by Gasteiger charge is -1.98. The van der Waals surface area contributed by atoms with Crippen molar-refractivity contribution in [3.8, 4) is 0 Å². The number of rotatable bonds is 3. The Morgan fingerprint density at radius 1 is 1.17 bits per heavy atom. The first-order chi connectivity index (χ1) is 11.0. The van der Waals surface area contributed by atoms with Crippen molar-refractivity contribution in [1.29, 1.82) is 0 Å². The van der Waals surface area contributed by atoms with Gasteiger partial charge in [-0.15, -0.1) is 0 Å². The Kier molecular flexibility index (Phi) is 3.91. The summed E-state index contributed by atoms with van der Waals surface area (Å²) in [6.07, 6.45) is 1.51. The Balaban J connectivity index is 1.97. The SMILES string of the molecule is O=C1OC(c2cccc([N+](=O)[O-])c2)=N/C1=C/c1ccccc1Cl. The molecule has 1 aliphatic heterocycles. The fraction of sp³-hybridized carbons (Fsp3) is 0. The van der Waals surface area contributed by atoms with E-state index in [0.29, 0.717) is 16.1 Å². The molecule has 0 fully saturated rings. The summed E-state index contributed by atoms with van der Waals surface area (Å²) in [6, 6.07) is 12.7. The molecule has 3 rings (SSSR count). The first kappa shape index (κ1) is 14.9. The smallest absolute Gasteiger partial charge is 0.363 e. The predicted molar refractivity (Wildman–Crippen MR) is 85.2 cm³/mol. The van der Waals surface area contributed by atoms with Crippen LogP contribution in [0.2, 0.25) is 5.02 Å². The zero-order chi connectivity index (χ0) is 16.4. The Morgan fingerprint density at radius 2 is 1.96 bits per heavy atom. The van der Waals surface area contributed by atoms with Gasteiger partial charge in [-0.05, 0) is 23.8 Å². The van der Waals surface area contributed by atoms with E-state index in [4.69, 9.17) is 16.3 Å². The first-order valence-corrected chi connectivity index (χ1v) is 6.94. The van der Waals surface area contributed by atoms with Gasteiger partial charge in [0.1, 0.15) is 0 Å². The molecule has 7 heteroatoms. The standard InChI is InChI=1S/C16H9ClN2O4/c17-13-7-2-1-4-10(13)9-14-16(20)23-15(18-14)11-5-3-6-12(8-11)19(21)22/h1-9H/b14-9+. The molecule has 1 aliphatic rings. The molecule has 0 atom stereocenters. The number of carbonyl (C=O) groups is 1. The summed E-state index contributed by atoms with van der Waals surface area (Å²) in [6.45, 7) is 0. The van der Waals surface area contributed by atoms with E-state index in [-0.39, 0.29) is 17.3 Å². The Hall–Kier alpha value is -2.99. The number of carbonyl (C=O) groups excluding carboxylic acids is 1. The summed E-state index contributed by atoms with van der Waals surface area (Å²) in [5.41, 5.74) is 0.963. The van der Waals surface area contributed by atoms with Crippen LogP contribution in [0.3, 0.4) is 0 Å². The van der Waals surface area contributed by atoms with Gasteiger partial charge in [-0.25, -0.2) is 9.79 Å². The van der Waals surface area contributed by atoms with E-state index < -0.39 is 10.9 Å². The van der Waals surface area contributed by atoms with Crippen LogP contribution in [-0.2, 0) is 9.53 Å². The minimum Gasteiger partial charge on any atom is -0.402 e. The molecule has 2 aromatic carbocycles. The van der Waals surface area contributed by atoms with Gasteiger partial charge in [0.25, 0.3) is 5.69 Å². The summed E-state index contributed by atoms with van der Waals surface area (Å²) in [5.74, 6) is -0.608. The molecule has 6 nitrogen and oxygen atoms in total. The molecule has 0 saturated heterocycles. The highest BCUT2D eigenvalue weighted by atomic mass is 35.5. The molecule has 2 aromatic rings. The van der Waals surface area contributed by atoms with Gasteiger partial charge >= 0.3 is 5.97 Å². The van der Waals surface area contributed by atoms with E-state index in [0.717, 1.165) is 0 Å². The summed E-state index contributed by atoms with van der Waals surface area (Å²) in [4.78, 5) is 26.3. The molecule has 0 N–H and O–H groups in total. The van der Waals surface area contributed by atoms with Crippen molar-refractivity contribution in [2.45, 2.75) is 0 Å². The Bertz CT molecular complexity index is 874. The highest BCUT2D eigenvalue weighted by molar-refractivity contribution is 6.32. The van der Waals surface area contributed by atoms with Gasteiger partial charge < -0.3 is 4.74 Å². The molecule has 0 amide bonds. The molecule has 114 valence electrons. The van der Waals surface area contributed by atoms with Gasteiger partial charge in [-0.1, -0.05) is 35.9 Å². The third-order valence-corrected chi connectivity index (χ3v) is 3.47. The second kappa shape index (κ2) is 6.02. The van der Waals surface area contributed by atoms with Crippen LogP contribution in [0, 0.1) is 10.1 Å². The minimum atomic E-state index is -0.633. The first-order valence-electron chi connectivity index (χ1n) is 6.56. The van der Waals surface area contributed by atoms with Crippen LogP contribution in [-0.4, -0.2) is 16.8 Å². The molecule has 0 spiro atoms. The van der Waals surface area contributed by atoms with Crippen molar-refractivity contribution in [3.63, 3.8) is 0 Å². The number of hydrogen-bond acceptors (Lipinski definition) is 5. The molecule has 0 unspecified atom stereocenters. The fourth-order valence-electron chi connectivity index (χ4n) is 2.02. The second-order valence-corrected chi connectivity index (χ2v) is 5.07. The quantitative estimate of drug-likeness (QED) is 0.373. The Morgan fingerprint density at radius 3 is 2.70 bits per heavy atom. The maximum atomic E-state index is 11.9. The van der Waals surface area contributed by atoms with Gasteiger partial charge in [-0.2, -0.15) is 0 Å². The van der Waals surface area contributed by atoms with E-state index >= 15 is 0 Å². The largest absolute Gasteiger partial charge is 0.402 e. The van der Waals surface area contributed by atoms with Crippen molar-refractivity contribution >= 4 is 35.2 Å². The molecule has 23 heavy (non-hydrogen) atoms. The van der Waals surface area contributed by atoms with Gasteiger partial charge in [0.2, 0.25) is 5.90 Å². The summed E-state index contributed by atoms with van der Waals surface area (Å²) in [5, 5.41) is 11.3. The number of cyclic esters (lactones) is 1. The fourth-order valence-corrected chi connectivity index (χ4v) is 2.21. The highest BCUT2D eigenvalue weighted by Crippen LogP contribution is 2.24. The average Bonchev–Trinajstić information content (AvgIpc) is 2.91. The monoisotopic (exact) mass is 328 g/mol. The predicted octanol–water partition coefficient (Wildman–Crippen LogP) is 3.59. The number of nitro groups is 1. The molecule has 1 heterocycles. The number of non-ortho nitro benzene ring substituents is 1. The lowest BCUT2D eigenvalue weighted by molar-refractivity contribution is -0.384. The van der Waals surface area contributed by atoms with Crippen molar-refractivity contribution in [2.75, 3.05) is 0 Å². The van der Waals surface area contributed by atoms with Gasteiger partial charge in [0.15, 0.2) is 5.70 Å². The van der Waals surface area contributed by atoms with Crippen LogP contribution in [0.5, 0.6) is 0 Å². The zero-order valence-electron chi connectivity index (χ0n) is 11.6. The number of benzene rings is 2. The number of ether oxygens (including phenoxy) is 1. The van der Waals surface area contributed by atoms with Crippen LogP contribution < -0.4 is 0 Å². The van der Waals surface area contributed by atoms with Crippen molar-refractivity contribution in [1.82, 2.24) is 0 Å². The van der Waals surface area contributed by atoms with Gasteiger partial charge in [0, 0.05) is 22.7 Å². The van der Waals surface area contributed by atoms with Crippen LogP contribution in [0.1, 0.15) is 11.1 Å². The number of nitro benzene ring substituents is 1. The topological polar surface area (TPSA) is 81.8 Å². The number of nitrogens with zero attached hydrogens (tertiary/aromatic N) is 2. The maximum absolute atomic E-state index is 11.9. The number of esters is 1. The normalized spacial score (nSPS) is 15.4. The number of halogens is 1. The van der Waals surface area contributed by atoms with E-state index in [1.165, 1.54) is 24.3 Å². The number of aliphatic imine (C=N–C) groups is 1. The summed E-state index contributed by atoms with van der Waals surface area (Å²) < 4.78 is 5.08. The van der Waals surface area contributed by atoms with Gasteiger partial charge in [-0.3, -0.25) is 10.1 Å². The van der Waals surface area contributed by atoms with Crippen molar-refractivity contribution in [2.24, 2.45) is 4.99 Å². The number of hydrogen-bond donors (Lipinski definition) is 0.